The monoisotopic (exact) mass is 704 g/mol. The highest BCUT2D eigenvalue weighted by atomic mass is 35.5. The second-order valence-electron chi connectivity index (χ2n) is 13.4. The number of nitrogens with one attached hydrogen (secondary N) is 2. The number of methoxy groups -OCH3 is 1. The predicted octanol–water partition coefficient (Wildman–Crippen LogP) is 7.15. The second kappa shape index (κ2) is 22.1. The van der Waals surface area contributed by atoms with Crippen LogP contribution in [0.15, 0.2) is 54.6 Å². The summed E-state index contributed by atoms with van der Waals surface area (Å²) in [5.41, 5.74) is 1.41. The van der Waals surface area contributed by atoms with Gasteiger partial charge in [0.2, 0.25) is 5.91 Å². The van der Waals surface area contributed by atoms with Crippen molar-refractivity contribution in [3.8, 4) is 5.75 Å². The molecule has 272 valence electrons. The number of esters is 1. The van der Waals surface area contributed by atoms with Crippen LogP contribution in [0.25, 0.3) is 0 Å². The van der Waals surface area contributed by atoms with E-state index in [2.05, 4.69) is 17.6 Å². The fraction of sp³-hybridized carbons (Fsp3) is 0.526. The molecule has 0 bridgehead atoms. The van der Waals surface area contributed by atoms with E-state index >= 15 is 0 Å². The van der Waals surface area contributed by atoms with Crippen molar-refractivity contribution in [2.24, 2.45) is 23.2 Å². The first-order chi connectivity index (χ1) is 23.1. The van der Waals surface area contributed by atoms with Crippen LogP contribution in [0.1, 0.15) is 77.3 Å². The predicted molar refractivity (Wildman–Crippen MR) is 191 cm³/mol. The highest BCUT2D eigenvalue weighted by molar-refractivity contribution is 6.32. The molecule has 4 atom stereocenters. The molecule has 1 saturated carbocycles. The number of likely N-dealkylation sites (N-methyl/N-ethyl adjacent to an activating group) is 1. The number of benzene rings is 2. The van der Waals surface area contributed by atoms with Gasteiger partial charge in [-0.15, -0.1) is 0 Å². The quantitative estimate of drug-likeness (QED) is 0.0955. The third kappa shape index (κ3) is 17.0. The molecule has 11 heteroatoms. The van der Waals surface area contributed by atoms with Crippen molar-refractivity contribution in [2.75, 3.05) is 27.2 Å². The van der Waals surface area contributed by atoms with Crippen LogP contribution in [0, 0.1) is 35.9 Å². The van der Waals surface area contributed by atoms with E-state index in [0.29, 0.717) is 16.9 Å². The summed E-state index contributed by atoms with van der Waals surface area (Å²) >= 11 is 5.80. The molecule has 3 N–H and O–H groups in total. The molecule has 2 aromatic rings. The van der Waals surface area contributed by atoms with Crippen LogP contribution in [-0.2, 0) is 23.9 Å². The number of halogens is 2. The van der Waals surface area contributed by atoms with Crippen molar-refractivity contribution in [2.45, 2.75) is 79.2 Å². The lowest BCUT2D eigenvalue weighted by atomic mass is 9.93. The fourth-order valence-electron chi connectivity index (χ4n) is 4.96. The summed E-state index contributed by atoms with van der Waals surface area (Å²) in [6.07, 6.45) is 6.70. The highest BCUT2D eigenvalue weighted by Crippen LogP contribution is 2.52. The summed E-state index contributed by atoms with van der Waals surface area (Å²) in [6, 6.07) is 12.6. The Morgan fingerprint density at radius 1 is 1.12 bits per heavy atom. The number of aldehydes is 1. The Bertz CT molecular complexity index is 1360. The number of amides is 1. The van der Waals surface area contributed by atoms with Crippen molar-refractivity contribution in [1.82, 2.24) is 10.6 Å². The minimum atomic E-state index is -1.16. The maximum absolute atomic E-state index is 12.8. The van der Waals surface area contributed by atoms with E-state index in [1.807, 2.05) is 57.2 Å². The molecule has 0 heterocycles. The fourth-order valence-corrected chi connectivity index (χ4v) is 5.28. The van der Waals surface area contributed by atoms with Crippen LogP contribution in [0.2, 0.25) is 5.02 Å². The standard InChI is InChI=1S/C16H19FO.C14H26N2O5.C8H9ClO/c1-12(5-3-2-4-10-18)15-11-16(15)13-6-8-14(17)9-7-13;1-9(2)6-10(12(18)19)21-13(20)14(3,4)8-16-11(17)7-15-5;1-6-3-4-8(10-2)7(9)5-6/h2,4,6-10,12,15-16H,3,5,11H2,1H3;9-10,15H,6-8H2,1-5H3,(H,16,17)(H,18,19);3-5H,1-2H3/b4-2+;;. The molecule has 0 saturated heterocycles. The number of allylic oxidation sites excluding steroid dienone is 2. The summed E-state index contributed by atoms with van der Waals surface area (Å²) < 4.78 is 22.9. The number of carbonyl (C=O) groups is 4. The Kier molecular flexibility index (Phi) is 19.5. The van der Waals surface area contributed by atoms with Crippen molar-refractivity contribution < 1.29 is 38.1 Å². The molecule has 0 aliphatic heterocycles. The van der Waals surface area contributed by atoms with Gasteiger partial charge < -0.3 is 25.2 Å². The number of ether oxygens (including phenoxy) is 2. The molecule has 49 heavy (non-hydrogen) atoms. The minimum Gasteiger partial charge on any atom is -0.495 e. The number of carbonyl (C=O) groups excluding carboxylic acids is 3. The highest BCUT2D eigenvalue weighted by Gasteiger charge is 2.41. The third-order valence-corrected chi connectivity index (χ3v) is 8.30. The Labute approximate surface area is 296 Å². The Balaban J connectivity index is 0.000000388. The topological polar surface area (TPSA) is 131 Å². The van der Waals surface area contributed by atoms with Gasteiger partial charge in [-0.2, -0.15) is 0 Å². The summed E-state index contributed by atoms with van der Waals surface area (Å²) in [6.45, 7) is 11.4. The lowest BCUT2D eigenvalue weighted by molar-refractivity contribution is -0.171. The van der Waals surface area contributed by atoms with Gasteiger partial charge in [-0.05, 0) is 119 Å². The first kappa shape index (κ1) is 43.3. The first-order valence-corrected chi connectivity index (χ1v) is 16.9. The number of rotatable bonds is 16. The average molecular weight is 705 g/mol. The molecular weight excluding hydrogens is 651 g/mol. The largest absolute Gasteiger partial charge is 0.495 e. The lowest BCUT2D eigenvalue weighted by Crippen LogP contribution is -2.44. The molecule has 1 amide bonds. The normalized spacial score (nSPS) is 16.3. The van der Waals surface area contributed by atoms with Crippen LogP contribution in [0.5, 0.6) is 5.75 Å². The lowest BCUT2D eigenvalue weighted by Gasteiger charge is -2.25. The van der Waals surface area contributed by atoms with Gasteiger partial charge in [-0.1, -0.05) is 56.6 Å². The average Bonchev–Trinajstić information content (AvgIpc) is 3.84. The van der Waals surface area contributed by atoms with Gasteiger partial charge in [-0.25, -0.2) is 9.18 Å². The first-order valence-electron chi connectivity index (χ1n) is 16.6. The van der Waals surface area contributed by atoms with Crippen LogP contribution in [0.4, 0.5) is 4.39 Å². The zero-order valence-corrected chi connectivity index (χ0v) is 30.8. The van der Waals surface area contributed by atoms with E-state index in [1.54, 1.807) is 46.2 Å². The van der Waals surface area contributed by atoms with Crippen LogP contribution >= 0.6 is 11.6 Å². The third-order valence-electron chi connectivity index (χ3n) is 8.01. The molecular formula is C38H54ClFN2O7. The maximum atomic E-state index is 12.8. The summed E-state index contributed by atoms with van der Waals surface area (Å²) in [7, 11) is 3.25. The van der Waals surface area contributed by atoms with Crippen molar-refractivity contribution in [3.63, 3.8) is 0 Å². The molecule has 0 radical (unpaired) electrons. The van der Waals surface area contributed by atoms with E-state index in [-0.39, 0.29) is 37.2 Å². The van der Waals surface area contributed by atoms with E-state index < -0.39 is 23.5 Å². The van der Waals surface area contributed by atoms with Gasteiger partial charge >= 0.3 is 11.9 Å². The molecule has 1 aliphatic carbocycles. The molecule has 0 aromatic heterocycles. The number of carboxylic acids is 1. The van der Waals surface area contributed by atoms with E-state index in [9.17, 15) is 23.6 Å². The molecule has 1 aliphatic rings. The van der Waals surface area contributed by atoms with E-state index in [4.69, 9.17) is 26.2 Å². The molecule has 0 spiro atoms. The molecule has 3 rings (SSSR count). The van der Waals surface area contributed by atoms with Crippen molar-refractivity contribution >= 4 is 35.7 Å². The minimum absolute atomic E-state index is 0.0837. The van der Waals surface area contributed by atoms with Gasteiger partial charge in [0.1, 0.15) is 17.9 Å². The van der Waals surface area contributed by atoms with Gasteiger partial charge in [0.15, 0.2) is 6.10 Å². The summed E-state index contributed by atoms with van der Waals surface area (Å²) in [5.74, 6) is 0.613. The SMILES string of the molecule is CC(CC/C=C/C=O)C1CC1c1ccc(F)cc1.CNCC(=O)NCC(C)(C)C(=O)OC(CC(C)C)C(=O)O.COc1ccc(C)cc1Cl. The van der Waals surface area contributed by atoms with Crippen molar-refractivity contribution in [1.29, 1.82) is 0 Å². The maximum Gasteiger partial charge on any atom is 0.345 e. The molecule has 2 aromatic carbocycles. The zero-order valence-electron chi connectivity index (χ0n) is 30.1. The smallest absolute Gasteiger partial charge is 0.345 e. The zero-order chi connectivity index (χ0) is 37.1. The number of aryl methyl sites for hydroxylation is 1. The van der Waals surface area contributed by atoms with Gasteiger partial charge in [-0.3, -0.25) is 14.4 Å². The Morgan fingerprint density at radius 2 is 1.78 bits per heavy atom. The van der Waals surface area contributed by atoms with E-state index in [0.717, 1.165) is 36.4 Å². The Morgan fingerprint density at radius 3 is 2.31 bits per heavy atom. The molecule has 9 nitrogen and oxygen atoms in total. The van der Waals surface area contributed by atoms with Crippen LogP contribution < -0.4 is 15.4 Å². The van der Waals surface area contributed by atoms with Gasteiger partial charge in [0.05, 0.1) is 24.1 Å². The molecule has 4 unspecified atom stereocenters. The summed E-state index contributed by atoms with van der Waals surface area (Å²) in [5, 5.41) is 15.0. The number of aliphatic carboxylic acids is 1. The Hall–Kier alpha value is -3.76. The van der Waals surface area contributed by atoms with Crippen LogP contribution in [0.3, 0.4) is 0 Å². The van der Waals surface area contributed by atoms with E-state index in [1.165, 1.54) is 12.0 Å². The van der Waals surface area contributed by atoms with Crippen molar-refractivity contribution in [3.05, 3.63) is 76.6 Å². The van der Waals surface area contributed by atoms with Gasteiger partial charge in [0, 0.05) is 6.54 Å². The summed E-state index contributed by atoms with van der Waals surface area (Å²) in [4.78, 5) is 44.7. The number of hydrogen-bond donors (Lipinski definition) is 3. The van der Waals surface area contributed by atoms with Crippen LogP contribution in [-0.4, -0.2) is 62.6 Å². The molecule has 1 fully saturated rings. The second-order valence-corrected chi connectivity index (χ2v) is 13.8. The van der Waals surface area contributed by atoms with Gasteiger partial charge in [0.25, 0.3) is 0 Å². The number of hydrogen-bond acceptors (Lipinski definition) is 7. The number of carboxylic acid groups (broad SMARTS) is 1.